The summed E-state index contributed by atoms with van der Waals surface area (Å²) in [6.07, 6.45) is 1.57. The second-order valence-electron chi connectivity index (χ2n) is 7.47. The molecule has 1 aliphatic carbocycles. The van der Waals surface area contributed by atoms with Gasteiger partial charge in [0.25, 0.3) is 11.8 Å². The smallest absolute Gasteiger partial charge is 0.273 e. The maximum atomic E-state index is 12.7. The van der Waals surface area contributed by atoms with Crippen molar-refractivity contribution in [3.63, 3.8) is 0 Å². The number of rotatable bonds is 8. The molecule has 1 atom stereocenters. The van der Waals surface area contributed by atoms with Crippen molar-refractivity contribution in [1.82, 2.24) is 25.7 Å². The standard InChI is InChI=1S/C21H24N8O4/c1-10(22)18-26-21(33-29-18)12-5-4-6-13(17(12)32-3)24-14-9-15(25-19(30)11-7-8-11)27-28-16(14)20(31)23-2/h4-6,9-11H,7-8,22H2,1-3H3,(H,23,31)(H2,24,25,27,30)/t10-/m0/s1/i2D3. The molecule has 1 saturated carbocycles. The number of carbonyl (C=O) groups excluding carboxylic acids is 2. The number of ether oxygens (including phenoxy) is 1. The summed E-state index contributed by atoms with van der Waals surface area (Å²) in [6.45, 7) is -1.03. The largest absolute Gasteiger partial charge is 0.494 e. The molecule has 0 radical (unpaired) electrons. The molecule has 1 fully saturated rings. The first kappa shape index (κ1) is 18.5. The van der Waals surface area contributed by atoms with E-state index in [1.807, 2.05) is 5.32 Å². The highest BCUT2D eigenvalue weighted by molar-refractivity contribution is 6.00. The SMILES string of the molecule is [2H]C([2H])([2H])NC(=O)c1nnc(NC(=O)C2CC2)cc1Nc1cccc(-c2nc([C@H](C)N)no2)c1OC. The van der Waals surface area contributed by atoms with Gasteiger partial charge in [0, 0.05) is 23.1 Å². The molecular formula is C21H24N8O4. The fraction of sp³-hybridized carbons (Fsp3) is 0.333. The fourth-order valence-electron chi connectivity index (χ4n) is 3.05. The van der Waals surface area contributed by atoms with Gasteiger partial charge in [0.2, 0.25) is 5.91 Å². The van der Waals surface area contributed by atoms with Crippen LogP contribution in [0.1, 0.15) is 46.2 Å². The van der Waals surface area contributed by atoms with E-state index in [1.165, 1.54) is 13.2 Å². The molecular weight excluding hydrogens is 428 g/mol. The first-order valence-corrected chi connectivity index (χ1v) is 10.1. The van der Waals surface area contributed by atoms with Crippen molar-refractivity contribution in [2.24, 2.45) is 11.7 Å². The highest BCUT2D eigenvalue weighted by Gasteiger charge is 2.30. The number of methoxy groups -OCH3 is 1. The Balaban J connectivity index is 1.72. The van der Waals surface area contributed by atoms with E-state index in [4.69, 9.17) is 19.1 Å². The van der Waals surface area contributed by atoms with Crippen LogP contribution < -0.4 is 26.4 Å². The molecule has 3 aromatic rings. The van der Waals surface area contributed by atoms with Gasteiger partial charge in [0.15, 0.2) is 23.1 Å². The van der Waals surface area contributed by atoms with Crippen LogP contribution >= 0.6 is 0 Å². The number of nitrogens with one attached hydrogen (secondary N) is 3. The average Bonchev–Trinajstić information content (AvgIpc) is 3.54. The third-order valence-corrected chi connectivity index (χ3v) is 4.89. The lowest BCUT2D eigenvalue weighted by Crippen LogP contribution is -2.22. The van der Waals surface area contributed by atoms with Crippen molar-refractivity contribution in [3.05, 3.63) is 35.8 Å². The first-order valence-electron chi connectivity index (χ1n) is 11.6. The van der Waals surface area contributed by atoms with Crippen LogP contribution in [-0.2, 0) is 4.79 Å². The quantitative estimate of drug-likeness (QED) is 0.394. The van der Waals surface area contributed by atoms with Gasteiger partial charge in [-0.3, -0.25) is 9.59 Å². The Bertz CT molecular complexity index is 1290. The highest BCUT2D eigenvalue weighted by Crippen LogP contribution is 2.38. The van der Waals surface area contributed by atoms with Gasteiger partial charge in [0.1, 0.15) is 0 Å². The van der Waals surface area contributed by atoms with Gasteiger partial charge in [-0.1, -0.05) is 11.2 Å². The number of anilines is 3. The third-order valence-electron chi connectivity index (χ3n) is 4.89. The zero-order valence-corrected chi connectivity index (χ0v) is 17.9. The van der Waals surface area contributed by atoms with E-state index in [2.05, 4.69) is 31.0 Å². The molecule has 0 aliphatic heterocycles. The zero-order valence-electron chi connectivity index (χ0n) is 20.9. The van der Waals surface area contributed by atoms with Gasteiger partial charge in [-0.15, -0.1) is 10.2 Å². The van der Waals surface area contributed by atoms with Crippen LogP contribution in [0.25, 0.3) is 11.5 Å². The average molecular weight is 455 g/mol. The summed E-state index contributed by atoms with van der Waals surface area (Å²) in [5, 5.41) is 19.1. The van der Waals surface area contributed by atoms with Crippen LogP contribution in [0, 0.1) is 5.92 Å². The van der Waals surface area contributed by atoms with Crippen LogP contribution in [-0.4, -0.2) is 46.2 Å². The molecule has 172 valence electrons. The molecule has 12 nitrogen and oxygen atoms in total. The number of benzene rings is 1. The zero-order chi connectivity index (χ0) is 26.0. The maximum Gasteiger partial charge on any atom is 0.273 e. The Kier molecular flexibility index (Phi) is 5.16. The molecule has 0 bridgehead atoms. The monoisotopic (exact) mass is 455 g/mol. The predicted octanol–water partition coefficient (Wildman–Crippen LogP) is 2.01. The Morgan fingerprint density at radius 1 is 1.30 bits per heavy atom. The Hall–Kier alpha value is -4.06. The van der Waals surface area contributed by atoms with Crippen molar-refractivity contribution in [1.29, 1.82) is 0 Å². The number of nitrogens with zero attached hydrogens (tertiary/aromatic N) is 4. The van der Waals surface area contributed by atoms with Crippen LogP contribution in [0.4, 0.5) is 17.2 Å². The number of para-hydroxylation sites is 1. The topological polar surface area (TPSA) is 170 Å². The molecule has 12 heteroatoms. The number of amides is 2. The van der Waals surface area contributed by atoms with Gasteiger partial charge in [-0.05, 0) is 31.9 Å². The Morgan fingerprint density at radius 2 is 2.12 bits per heavy atom. The summed E-state index contributed by atoms with van der Waals surface area (Å²) in [4.78, 5) is 29.1. The summed E-state index contributed by atoms with van der Waals surface area (Å²) in [5.41, 5.74) is 6.40. The van der Waals surface area contributed by atoms with Gasteiger partial charge < -0.3 is 30.9 Å². The molecule has 2 amide bonds. The minimum absolute atomic E-state index is 0.0788. The minimum atomic E-state index is -2.75. The summed E-state index contributed by atoms with van der Waals surface area (Å²) >= 11 is 0. The summed E-state index contributed by atoms with van der Waals surface area (Å²) in [6, 6.07) is 5.97. The van der Waals surface area contributed by atoms with Crippen LogP contribution in [0.5, 0.6) is 5.75 Å². The van der Waals surface area contributed by atoms with E-state index < -0.39 is 18.9 Å². The molecule has 5 N–H and O–H groups in total. The lowest BCUT2D eigenvalue weighted by molar-refractivity contribution is -0.117. The molecule has 1 aliphatic rings. The van der Waals surface area contributed by atoms with Crippen molar-refractivity contribution >= 4 is 29.0 Å². The summed E-state index contributed by atoms with van der Waals surface area (Å²) in [7, 11) is 1.43. The molecule has 4 rings (SSSR count). The number of hydrogen-bond acceptors (Lipinski definition) is 10. The molecule has 2 heterocycles. The number of carbonyl (C=O) groups is 2. The first-order chi connectivity index (χ1) is 17.1. The van der Waals surface area contributed by atoms with E-state index in [0.717, 1.165) is 12.8 Å². The number of hydrogen-bond donors (Lipinski definition) is 4. The number of nitrogens with two attached hydrogens (primary N) is 1. The molecule has 33 heavy (non-hydrogen) atoms. The van der Waals surface area contributed by atoms with Gasteiger partial charge >= 0.3 is 0 Å². The molecule has 1 aromatic carbocycles. The van der Waals surface area contributed by atoms with Crippen molar-refractivity contribution in [2.75, 3.05) is 24.7 Å². The second-order valence-corrected chi connectivity index (χ2v) is 7.47. The van der Waals surface area contributed by atoms with Crippen molar-refractivity contribution in [3.8, 4) is 17.2 Å². The minimum Gasteiger partial charge on any atom is -0.494 e. The highest BCUT2D eigenvalue weighted by atomic mass is 16.5. The van der Waals surface area contributed by atoms with Crippen LogP contribution in [0.3, 0.4) is 0 Å². The van der Waals surface area contributed by atoms with E-state index in [1.54, 1.807) is 25.1 Å². The van der Waals surface area contributed by atoms with Crippen LogP contribution in [0.2, 0.25) is 0 Å². The third kappa shape index (κ3) is 4.75. The molecule has 0 saturated heterocycles. The molecule has 2 aromatic heterocycles. The van der Waals surface area contributed by atoms with E-state index >= 15 is 0 Å². The summed E-state index contributed by atoms with van der Waals surface area (Å²) < 4.78 is 32.9. The molecule has 0 unspecified atom stereocenters. The second kappa shape index (κ2) is 9.20. The van der Waals surface area contributed by atoms with E-state index in [0.29, 0.717) is 22.8 Å². The van der Waals surface area contributed by atoms with Gasteiger partial charge in [0.05, 0.1) is 30.1 Å². The molecule has 0 spiro atoms. The summed E-state index contributed by atoms with van der Waals surface area (Å²) in [5.74, 6) is -0.436. The van der Waals surface area contributed by atoms with Gasteiger partial charge in [-0.25, -0.2) is 0 Å². The van der Waals surface area contributed by atoms with Crippen molar-refractivity contribution < 1.29 is 23.0 Å². The van der Waals surface area contributed by atoms with Gasteiger partial charge in [-0.2, -0.15) is 4.98 Å². The normalized spacial score (nSPS) is 15.5. The van der Waals surface area contributed by atoms with E-state index in [9.17, 15) is 9.59 Å². The maximum absolute atomic E-state index is 12.7. The fourth-order valence-corrected chi connectivity index (χ4v) is 3.05. The van der Waals surface area contributed by atoms with E-state index in [-0.39, 0.29) is 34.9 Å². The Labute approximate surface area is 193 Å². The lowest BCUT2D eigenvalue weighted by Gasteiger charge is -2.15. The number of aromatic nitrogens is 4. The van der Waals surface area contributed by atoms with Crippen LogP contribution in [0.15, 0.2) is 28.8 Å². The van der Waals surface area contributed by atoms with Crippen molar-refractivity contribution in [2.45, 2.75) is 25.8 Å². The lowest BCUT2D eigenvalue weighted by atomic mass is 10.1. The Morgan fingerprint density at radius 3 is 2.79 bits per heavy atom. The predicted molar refractivity (Wildman–Crippen MR) is 119 cm³/mol.